The smallest absolute Gasteiger partial charge is 0.160 e. The van der Waals surface area contributed by atoms with Crippen LogP contribution in [0.1, 0.15) is 32.3 Å². The Morgan fingerprint density at radius 1 is 1.11 bits per heavy atom. The van der Waals surface area contributed by atoms with E-state index in [1.807, 2.05) is 18.2 Å². The highest BCUT2D eigenvalue weighted by Gasteiger charge is 2.26. The molecule has 98 valence electrons. The summed E-state index contributed by atoms with van der Waals surface area (Å²) in [5.41, 5.74) is 0.831. The molecule has 1 rings (SSSR count). The summed E-state index contributed by atoms with van der Waals surface area (Å²) < 4.78 is 10.5. The molecule has 0 amide bonds. The van der Waals surface area contributed by atoms with Gasteiger partial charge in [-0.1, -0.05) is 19.9 Å². The van der Waals surface area contributed by atoms with Gasteiger partial charge >= 0.3 is 0 Å². The number of nitrogens with zero attached hydrogens (tertiary/aromatic N) is 1. The second-order valence-electron chi connectivity index (χ2n) is 4.47. The van der Waals surface area contributed by atoms with Crippen molar-refractivity contribution in [2.75, 3.05) is 14.2 Å². The first-order valence-corrected chi connectivity index (χ1v) is 6.26. The van der Waals surface area contributed by atoms with E-state index in [1.165, 1.54) is 0 Å². The van der Waals surface area contributed by atoms with Gasteiger partial charge in [0.1, 0.15) is 0 Å². The third-order valence-corrected chi connectivity index (χ3v) is 3.58. The third kappa shape index (κ3) is 2.95. The van der Waals surface area contributed by atoms with E-state index in [4.69, 9.17) is 9.47 Å². The summed E-state index contributed by atoms with van der Waals surface area (Å²) in [6.07, 6.45) is 2.46. The van der Waals surface area contributed by atoms with Gasteiger partial charge in [0, 0.05) is 0 Å². The first kappa shape index (κ1) is 14.4. The quantitative estimate of drug-likeness (QED) is 0.771. The summed E-state index contributed by atoms with van der Waals surface area (Å²) >= 11 is 0. The molecule has 1 aromatic carbocycles. The number of hydrogen-bond acceptors (Lipinski definition) is 3. The summed E-state index contributed by atoms with van der Waals surface area (Å²) in [5, 5.41) is 9.36. The highest BCUT2D eigenvalue weighted by Crippen LogP contribution is 2.34. The van der Waals surface area contributed by atoms with E-state index in [0.29, 0.717) is 5.75 Å². The maximum absolute atomic E-state index is 9.36. The van der Waals surface area contributed by atoms with Crippen molar-refractivity contribution in [2.24, 2.45) is 5.41 Å². The minimum absolute atomic E-state index is 0.278. The van der Waals surface area contributed by atoms with Gasteiger partial charge in [-0.15, -0.1) is 0 Å². The molecule has 0 spiro atoms. The van der Waals surface area contributed by atoms with Gasteiger partial charge < -0.3 is 9.47 Å². The number of benzene rings is 1. The van der Waals surface area contributed by atoms with Crippen LogP contribution < -0.4 is 9.47 Å². The maximum Gasteiger partial charge on any atom is 0.160 e. The van der Waals surface area contributed by atoms with Crippen molar-refractivity contribution in [2.45, 2.75) is 33.1 Å². The Morgan fingerprint density at radius 3 is 2.17 bits per heavy atom. The number of rotatable bonds is 6. The third-order valence-electron chi connectivity index (χ3n) is 3.58. The molecule has 0 N–H and O–H groups in total. The SMILES string of the molecule is CCC(C#N)(CC)Cc1ccc(OC)c(OC)c1. The predicted octanol–water partition coefficient (Wildman–Crippen LogP) is 3.58. The number of ether oxygens (including phenoxy) is 2. The molecule has 0 saturated heterocycles. The van der Waals surface area contributed by atoms with Crippen LogP contribution >= 0.6 is 0 Å². The van der Waals surface area contributed by atoms with Crippen molar-refractivity contribution in [3.8, 4) is 17.6 Å². The molecule has 0 aliphatic rings. The zero-order valence-corrected chi connectivity index (χ0v) is 11.6. The maximum atomic E-state index is 9.36. The van der Waals surface area contributed by atoms with Crippen LogP contribution in [0.15, 0.2) is 18.2 Å². The lowest BCUT2D eigenvalue weighted by atomic mass is 9.78. The number of hydrogen-bond donors (Lipinski definition) is 0. The van der Waals surface area contributed by atoms with Crippen molar-refractivity contribution in [3.05, 3.63) is 23.8 Å². The molecule has 0 aliphatic heterocycles. The van der Waals surface area contributed by atoms with E-state index in [1.54, 1.807) is 14.2 Å². The molecule has 0 fully saturated rings. The Morgan fingerprint density at radius 2 is 1.72 bits per heavy atom. The van der Waals surface area contributed by atoms with Crippen LogP contribution in [-0.2, 0) is 6.42 Å². The summed E-state index contributed by atoms with van der Waals surface area (Å²) in [6, 6.07) is 8.30. The normalized spacial score (nSPS) is 10.8. The largest absolute Gasteiger partial charge is 0.493 e. The minimum atomic E-state index is -0.278. The fourth-order valence-electron chi connectivity index (χ4n) is 2.08. The van der Waals surface area contributed by atoms with E-state index in [0.717, 1.165) is 30.6 Å². The number of nitriles is 1. The summed E-state index contributed by atoms with van der Waals surface area (Å²) in [5.74, 6) is 1.44. The summed E-state index contributed by atoms with van der Waals surface area (Å²) in [7, 11) is 3.24. The molecule has 0 atom stereocenters. The minimum Gasteiger partial charge on any atom is -0.493 e. The second kappa shape index (κ2) is 6.30. The molecule has 18 heavy (non-hydrogen) atoms. The lowest BCUT2D eigenvalue weighted by molar-refractivity contribution is 0.348. The van der Waals surface area contributed by atoms with E-state index in [9.17, 15) is 5.26 Å². The lowest BCUT2D eigenvalue weighted by Gasteiger charge is -2.23. The van der Waals surface area contributed by atoms with E-state index in [2.05, 4.69) is 19.9 Å². The van der Waals surface area contributed by atoms with Gasteiger partial charge in [0.2, 0.25) is 0 Å². The molecule has 0 aromatic heterocycles. The Labute approximate surface area is 109 Å². The topological polar surface area (TPSA) is 42.2 Å². The molecule has 1 aromatic rings. The van der Waals surface area contributed by atoms with Crippen molar-refractivity contribution < 1.29 is 9.47 Å². The van der Waals surface area contributed by atoms with Crippen molar-refractivity contribution in [1.82, 2.24) is 0 Å². The second-order valence-corrected chi connectivity index (χ2v) is 4.47. The van der Waals surface area contributed by atoms with Gasteiger partial charge in [-0.25, -0.2) is 0 Å². The predicted molar refractivity (Wildman–Crippen MR) is 71.9 cm³/mol. The fraction of sp³-hybridized carbons (Fsp3) is 0.533. The van der Waals surface area contributed by atoms with Crippen LogP contribution in [-0.4, -0.2) is 14.2 Å². The lowest BCUT2D eigenvalue weighted by Crippen LogP contribution is -2.19. The zero-order valence-electron chi connectivity index (χ0n) is 11.6. The molecule has 3 nitrogen and oxygen atoms in total. The van der Waals surface area contributed by atoms with E-state index < -0.39 is 0 Å². The molecule has 0 radical (unpaired) electrons. The van der Waals surface area contributed by atoms with Gasteiger partial charge in [-0.3, -0.25) is 0 Å². The van der Waals surface area contributed by atoms with Crippen molar-refractivity contribution in [1.29, 1.82) is 5.26 Å². The van der Waals surface area contributed by atoms with Gasteiger partial charge in [0.15, 0.2) is 11.5 Å². The Hall–Kier alpha value is -1.69. The Kier molecular flexibility index (Phi) is 5.03. The molecule has 0 bridgehead atoms. The van der Waals surface area contributed by atoms with Crippen LogP contribution in [0.25, 0.3) is 0 Å². The first-order valence-electron chi connectivity index (χ1n) is 6.26. The highest BCUT2D eigenvalue weighted by molar-refractivity contribution is 5.43. The van der Waals surface area contributed by atoms with Gasteiger partial charge in [0.25, 0.3) is 0 Å². The molecule has 0 saturated carbocycles. The molecule has 0 aliphatic carbocycles. The van der Waals surface area contributed by atoms with E-state index in [-0.39, 0.29) is 5.41 Å². The highest BCUT2D eigenvalue weighted by atomic mass is 16.5. The molecule has 3 heteroatoms. The molecular weight excluding hydrogens is 226 g/mol. The average molecular weight is 247 g/mol. The number of methoxy groups -OCH3 is 2. The van der Waals surface area contributed by atoms with Crippen LogP contribution in [0.4, 0.5) is 0 Å². The van der Waals surface area contributed by atoms with Crippen LogP contribution in [0.3, 0.4) is 0 Å². The Bertz CT molecular complexity index is 431. The molecule has 0 unspecified atom stereocenters. The van der Waals surface area contributed by atoms with Gasteiger partial charge in [0.05, 0.1) is 25.7 Å². The fourth-order valence-corrected chi connectivity index (χ4v) is 2.08. The first-order chi connectivity index (χ1) is 8.64. The van der Waals surface area contributed by atoms with Gasteiger partial charge in [-0.05, 0) is 37.0 Å². The van der Waals surface area contributed by atoms with Crippen molar-refractivity contribution >= 4 is 0 Å². The van der Waals surface area contributed by atoms with Crippen LogP contribution in [0.5, 0.6) is 11.5 Å². The average Bonchev–Trinajstić information content (AvgIpc) is 2.44. The van der Waals surface area contributed by atoms with Crippen molar-refractivity contribution in [3.63, 3.8) is 0 Å². The summed E-state index contributed by atoms with van der Waals surface area (Å²) in [6.45, 7) is 4.13. The Balaban J connectivity index is 3.02. The van der Waals surface area contributed by atoms with Crippen LogP contribution in [0.2, 0.25) is 0 Å². The molecular formula is C15H21NO2. The zero-order chi connectivity index (χ0) is 13.6. The summed E-state index contributed by atoms with van der Waals surface area (Å²) in [4.78, 5) is 0. The van der Waals surface area contributed by atoms with E-state index >= 15 is 0 Å². The van der Waals surface area contributed by atoms with Gasteiger partial charge in [-0.2, -0.15) is 5.26 Å². The standard InChI is InChI=1S/C15H21NO2/c1-5-15(6-2,11-16)10-12-7-8-13(17-3)14(9-12)18-4/h7-9H,5-6,10H2,1-4H3. The van der Waals surface area contributed by atoms with Crippen LogP contribution in [0, 0.1) is 16.7 Å². The monoisotopic (exact) mass is 247 g/mol. The molecule has 0 heterocycles.